The average Bonchev–Trinajstić information content (AvgIpc) is 3.08. The predicted octanol–water partition coefficient (Wildman–Crippen LogP) is 4.34. The van der Waals surface area contributed by atoms with E-state index in [9.17, 15) is 0 Å². The highest BCUT2D eigenvalue weighted by Gasteiger charge is 2.07. The van der Waals surface area contributed by atoms with Gasteiger partial charge in [-0.25, -0.2) is 4.98 Å². The van der Waals surface area contributed by atoms with Gasteiger partial charge in [0.05, 0.1) is 11.0 Å². The lowest BCUT2D eigenvalue weighted by atomic mass is 10.1. The van der Waals surface area contributed by atoms with Crippen LogP contribution in [-0.4, -0.2) is 14.0 Å². The molecule has 0 amide bonds. The van der Waals surface area contributed by atoms with Crippen LogP contribution >= 0.6 is 12.4 Å². The van der Waals surface area contributed by atoms with Crippen molar-refractivity contribution >= 4 is 29.2 Å². The van der Waals surface area contributed by atoms with Crippen LogP contribution < -0.4 is 0 Å². The first-order valence-electron chi connectivity index (χ1n) is 7.38. The molecule has 22 heavy (non-hydrogen) atoms. The van der Waals surface area contributed by atoms with E-state index in [1.54, 1.807) is 0 Å². The standard InChI is InChI=1S/C18H17N3.ClH/c1-2-7-15(8-3-1)9-6-12-20-13-14-21-17-11-5-4-10-16(17)19-18(20)21;/h1-5,7-8,10-11,13-14H,6,9,12H2;1H. The first-order chi connectivity index (χ1) is 10.4. The van der Waals surface area contributed by atoms with Gasteiger partial charge in [-0.15, -0.1) is 12.4 Å². The van der Waals surface area contributed by atoms with Gasteiger partial charge in [-0.2, -0.15) is 0 Å². The van der Waals surface area contributed by atoms with Gasteiger partial charge in [0.2, 0.25) is 5.78 Å². The molecule has 0 radical (unpaired) electrons. The van der Waals surface area contributed by atoms with Crippen molar-refractivity contribution in [3.05, 3.63) is 72.6 Å². The number of hydrogen-bond donors (Lipinski definition) is 0. The van der Waals surface area contributed by atoms with E-state index in [1.807, 2.05) is 6.07 Å². The van der Waals surface area contributed by atoms with Gasteiger partial charge in [-0.1, -0.05) is 42.5 Å². The second kappa shape index (κ2) is 6.24. The van der Waals surface area contributed by atoms with Crippen molar-refractivity contribution in [2.75, 3.05) is 0 Å². The van der Waals surface area contributed by atoms with Crippen molar-refractivity contribution < 1.29 is 0 Å². The van der Waals surface area contributed by atoms with Crippen LogP contribution in [0.2, 0.25) is 0 Å². The van der Waals surface area contributed by atoms with E-state index in [4.69, 9.17) is 4.98 Å². The maximum Gasteiger partial charge on any atom is 0.214 e. The van der Waals surface area contributed by atoms with Gasteiger partial charge >= 0.3 is 0 Å². The first kappa shape index (κ1) is 14.7. The summed E-state index contributed by atoms with van der Waals surface area (Å²) in [5.74, 6) is 1.03. The number of para-hydroxylation sites is 2. The number of aromatic nitrogens is 3. The molecule has 2 aromatic carbocycles. The van der Waals surface area contributed by atoms with Crippen molar-refractivity contribution in [3.8, 4) is 0 Å². The number of nitrogens with zero attached hydrogens (tertiary/aromatic N) is 3. The highest BCUT2D eigenvalue weighted by Crippen LogP contribution is 2.17. The third-order valence-electron chi connectivity index (χ3n) is 3.94. The van der Waals surface area contributed by atoms with Gasteiger partial charge in [0.25, 0.3) is 0 Å². The monoisotopic (exact) mass is 311 g/mol. The minimum atomic E-state index is 0. The van der Waals surface area contributed by atoms with E-state index in [0.717, 1.165) is 30.7 Å². The lowest BCUT2D eigenvalue weighted by Gasteiger charge is -2.03. The quantitative estimate of drug-likeness (QED) is 0.549. The summed E-state index contributed by atoms with van der Waals surface area (Å²) < 4.78 is 4.40. The van der Waals surface area contributed by atoms with Crippen LogP contribution in [0.3, 0.4) is 0 Å². The summed E-state index contributed by atoms with van der Waals surface area (Å²) in [5.41, 5.74) is 3.63. The molecule has 0 fully saturated rings. The topological polar surface area (TPSA) is 22.2 Å². The van der Waals surface area contributed by atoms with Gasteiger partial charge in [-0.3, -0.25) is 4.40 Å². The lowest BCUT2D eigenvalue weighted by molar-refractivity contribution is 0.655. The summed E-state index contributed by atoms with van der Waals surface area (Å²) in [6.45, 7) is 0.995. The molecule has 0 aliphatic rings. The summed E-state index contributed by atoms with van der Waals surface area (Å²) >= 11 is 0. The molecular weight excluding hydrogens is 294 g/mol. The van der Waals surface area contributed by atoms with Gasteiger partial charge in [0, 0.05) is 18.9 Å². The molecule has 0 N–H and O–H groups in total. The number of benzene rings is 2. The SMILES string of the molecule is Cl.c1ccc(CCCn2ccn3c4ccccc4nc23)cc1. The molecule has 112 valence electrons. The number of hydrogen-bond acceptors (Lipinski definition) is 1. The van der Waals surface area contributed by atoms with Crippen molar-refractivity contribution in [3.63, 3.8) is 0 Å². The van der Waals surface area contributed by atoms with Crippen LogP contribution in [0.15, 0.2) is 67.0 Å². The van der Waals surface area contributed by atoms with E-state index in [2.05, 4.69) is 69.9 Å². The minimum Gasteiger partial charge on any atom is -0.317 e. The Morgan fingerprint density at radius 3 is 2.50 bits per heavy atom. The van der Waals surface area contributed by atoms with Crippen LogP contribution in [-0.2, 0) is 13.0 Å². The fraction of sp³-hybridized carbons (Fsp3) is 0.167. The Bertz CT molecular complexity index is 877. The Balaban J connectivity index is 0.00000144. The van der Waals surface area contributed by atoms with Crippen LogP contribution in [0.4, 0.5) is 0 Å². The molecule has 0 spiro atoms. The second-order valence-electron chi connectivity index (χ2n) is 5.35. The summed E-state index contributed by atoms with van der Waals surface area (Å²) in [6.07, 6.45) is 6.45. The van der Waals surface area contributed by atoms with Crippen molar-refractivity contribution in [2.45, 2.75) is 19.4 Å². The zero-order chi connectivity index (χ0) is 14.1. The fourth-order valence-electron chi connectivity index (χ4n) is 2.87. The Kier molecular flexibility index (Phi) is 4.16. The molecule has 4 rings (SSSR count). The highest BCUT2D eigenvalue weighted by atomic mass is 35.5. The van der Waals surface area contributed by atoms with Crippen molar-refractivity contribution in [1.82, 2.24) is 14.0 Å². The Labute approximate surface area is 135 Å². The van der Waals surface area contributed by atoms with E-state index in [0.29, 0.717) is 0 Å². The van der Waals surface area contributed by atoms with Gasteiger partial charge in [-0.05, 0) is 30.5 Å². The van der Waals surface area contributed by atoms with Crippen molar-refractivity contribution in [2.24, 2.45) is 0 Å². The summed E-state index contributed by atoms with van der Waals surface area (Å²) in [7, 11) is 0. The Morgan fingerprint density at radius 2 is 1.64 bits per heavy atom. The molecule has 0 aliphatic carbocycles. The maximum atomic E-state index is 4.73. The number of rotatable bonds is 4. The Hall–Kier alpha value is -2.26. The van der Waals surface area contributed by atoms with Crippen LogP contribution in [0.25, 0.3) is 16.8 Å². The second-order valence-corrected chi connectivity index (χ2v) is 5.35. The number of imidazole rings is 2. The molecule has 0 atom stereocenters. The number of halogens is 1. The van der Waals surface area contributed by atoms with Gasteiger partial charge in [0.15, 0.2) is 0 Å². The fourth-order valence-corrected chi connectivity index (χ4v) is 2.87. The minimum absolute atomic E-state index is 0. The summed E-state index contributed by atoms with van der Waals surface area (Å²) in [4.78, 5) is 4.73. The van der Waals surface area contributed by atoms with E-state index >= 15 is 0 Å². The molecule has 0 aliphatic heterocycles. The third kappa shape index (κ3) is 2.60. The largest absolute Gasteiger partial charge is 0.317 e. The molecule has 0 saturated carbocycles. The predicted molar refractivity (Wildman–Crippen MR) is 92.7 cm³/mol. The van der Waals surface area contributed by atoms with E-state index in [-0.39, 0.29) is 12.4 Å². The third-order valence-corrected chi connectivity index (χ3v) is 3.94. The molecule has 3 nitrogen and oxygen atoms in total. The molecule has 2 aromatic heterocycles. The highest BCUT2D eigenvalue weighted by molar-refractivity contribution is 5.85. The molecule has 2 heterocycles. The molecule has 4 aromatic rings. The maximum absolute atomic E-state index is 4.73. The van der Waals surface area contributed by atoms with E-state index < -0.39 is 0 Å². The van der Waals surface area contributed by atoms with Crippen LogP contribution in [0, 0.1) is 0 Å². The average molecular weight is 312 g/mol. The summed E-state index contributed by atoms with van der Waals surface area (Å²) in [6, 6.07) is 18.9. The van der Waals surface area contributed by atoms with Crippen LogP contribution in [0.5, 0.6) is 0 Å². The molecule has 0 bridgehead atoms. The number of aryl methyl sites for hydroxylation is 2. The zero-order valence-electron chi connectivity index (χ0n) is 12.2. The zero-order valence-corrected chi connectivity index (χ0v) is 13.0. The van der Waals surface area contributed by atoms with Gasteiger partial charge in [0.1, 0.15) is 0 Å². The normalized spacial score (nSPS) is 10.9. The van der Waals surface area contributed by atoms with Gasteiger partial charge < -0.3 is 4.57 Å². The molecule has 0 saturated heterocycles. The number of fused-ring (bicyclic) bond motifs is 3. The smallest absolute Gasteiger partial charge is 0.214 e. The lowest BCUT2D eigenvalue weighted by Crippen LogP contribution is -1.99. The summed E-state index contributed by atoms with van der Waals surface area (Å²) in [5, 5.41) is 0. The van der Waals surface area contributed by atoms with Crippen LogP contribution in [0.1, 0.15) is 12.0 Å². The molecular formula is C18H18ClN3. The first-order valence-corrected chi connectivity index (χ1v) is 7.38. The molecule has 0 unspecified atom stereocenters. The van der Waals surface area contributed by atoms with E-state index in [1.165, 1.54) is 11.1 Å². The Morgan fingerprint density at radius 1 is 0.864 bits per heavy atom. The molecule has 4 heteroatoms. The van der Waals surface area contributed by atoms with Crippen molar-refractivity contribution in [1.29, 1.82) is 0 Å².